The number of rotatable bonds is 12. The van der Waals surface area contributed by atoms with Crippen LogP contribution < -0.4 is 27.1 Å². The highest BCUT2D eigenvalue weighted by Gasteiger charge is 2.38. The van der Waals surface area contributed by atoms with Crippen molar-refractivity contribution < 1.29 is 41.1 Å². The first-order chi connectivity index (χ1) is 18.6. The maximum atomic E-state index is 12.8. The van der Waals surface area contributed by atoms with Crippen molar-refractivity contribution >= 4 is 39.8 Å². The molecule has 1 heterocycles. The van der Waals surface area contributed by atoms with Crippen molar-refractivity contribution in [2.24, 2.45) is 16.5 Å². The number of alkyl halides is 3. The molecular formula is C23H29F3N6O7S. The molecule has 0 bridgehead atoms. The van der Waals surface area contributed by atoms with Gasteiger partial charge in [0, 0.05) is 12.2 Å². The van der Waals surface area contributed by atoms with Crippen LogP contribution in [0.25, 0.3) is 0 Å². The highest BCUT2D eigenvalue weighted by Crippen LogP contribution is 2.13. The molecular weight excluding hydrogens is 561 g/mol. The number of hydrogen-bond acceptors (Lipinski definition) is 7. The fraction of sp³-hybridized carbons (Fsp3) is 0.348. The highest BCUT2D eigenvalue weighted by atomic mass is 32.2. The van der Waals surface area contributed by atoms with Crippen molar-refractivity contribution in [3.05, 3.63) is 64.1 Å². The summed E-state index contributed by atoms with van der Waals surface area (Å²) < 4.78 is 60.1. The maximum absolute atomic E-state index is 12.8. The summed E-state index contributed by atoms with van der Waals surface area (Å²) in [6, 6.07) is 10.6. The number of benzene rings is 1. The lowest BCUT2D eigenvalue weighted by Crippen LogP contribution is -2.40. The van der Waals surface area contributed by atoms with E-state index in [1.165, 1.54) is 12.1 Å². The first-order valence-corrected chi connectivity index (χ1v) is 13.1. The largest absolute Gasteiger partial charge is 0.490 e. The van der Waals surface area contributed by atoms with E-state index < -0.39 is 39.7 Å². The van der Waals surface area contributed by atoms with E-state index in [0.29, 0.717) is 36.9 Å². The van der Waals surface area contributed by atoms with Crippen LogP contribution in [0.2, 0.25) is 0 Å². The van der Waals surface area contributed by atoms with Gasteiger partial charge in [-0.15, -0.1) is 0 Å². The van der Waals surface area contributed by atoms with E-state index in [1.54, 1.807) is 37.3 Å². The van der Waals surface area contributed by atoms with E-state index in [4.69, 9.17) is 21.4 Å². The Morgan fingerprint density at radius 3 is 2.27 bits per heavy atom. The summed E-state index contributed by atoms with van der Waals surface area (Å²) >= 11 is 0. The average molecular weight is 591 g/mol. The first-order valence-electron chi connectivity index (χ1n) is 11.4. The minimum absolute atomic E-state index is 0.0594. The smallest absolute Gasteiger partial charge is 0.475 e. The molecule has 0 aliphatic carbocycles. The fourth-order valence-electron chi connectivity index (χ4n) is 3.03. The van der Waals surface area contributed by atoms with Crippen LogP contribution in [-0.4, -0.2) is 61.0 Å². The molecule has 1 aromatic heterocycles. The van der Waals surface area contributed by atoms with Crippen LogP contribution in [-0.2, 0) is 36.7 Å². The number of carboxylic acids is 1. The molecule has 0 radical (unpaired) electrons. The van der Waals surface area contributed by atoms with Crippen LogP contribution in [0.3, 0.4) is 0 Å². The molecule has 1 amide bonds. The summed E-state index contributed by atoms with van der Waals surface area (Å²) in [5.41, 5.74) is 10.7. The maximum Gasteiger partial charge on any atom is 0.490 e. The monoisotopic (exact) mass is 590 g/mol. The van der Waals surface area contributed by atoms with Gasteiger partial charge in [0.25, 0.3) is 5.56 Å². The quantitative estimate of drug-likeness (QED) is 0.100. The minimum Gasteiger partial charge on any atom is -0.475 e. The number of anilines is 1. The topological polar surface area (TPSA) is 216 Å². The Kier molecular flexibility index (Phi) is 12.8. The number of hydrogen-bond donors (Lipinski definition) is 5. The molecule has 0 aliphatic heterocycles. The lowest BCUT2D eigenvalue weighted by molar-refractivity contribution is -0.192. The summed E-state index contributed by atoms with van der Waals surface area (Å²) in [4.78, 5) is 49.2. The van der Waals surface area contributed by atoms with Gasteiger partial charge in [0.05, 0.1) is 11.8 Å². The summed E-state index contributed by atoms with van der Waals surface area (Å²) in [5.74, 6) is -3.69. The van der Waals surface area contributed by atoms with Crippen molar-refractivity contribution in [3.8, 4) is 0 Å². The van der Waals surface area contributed by atoms with Gasteiger partial charge in [0.1, 0.15) is 18.5 Å². The third kappa shape index (κ3) is 12.4. The van der Waals surface area contributed by atoms with Crippen LogP contribution in [0.15, 0.2) is 52.3 Å². The van der Waals surface area contributed by atoms with E-state index in [9.17, 15) is 36.0 Å². The van der Waals surface area contributed by atoms with E-state index in [0.717, 1.165) is 4.57 Å². The van der Waals surface area contributed by atoms with Gasteiger partial charge in [-0.2, -0.15) is 13.2 Å². The summed E-state index contributed by atoms with van der Waals surface area (Å²) in [6.07, 6.45) is -3.70. The number of halogens is 3. The number of aromatic nitrogens is 1. The van der Waals surface area contributed by atoms with Gasteiger partial charge in [-0.05, 0) is 37.5 Å². The lowest BCUT2D eigenvalue weighted by atomic mass is 10.2. The first kappa shape index (κ1) is 33.6. The number of aldehydes is 1. The molecule has 0 unspecified atom stereocenters. The van der Waals surface area contributed by atoms with Gasteiger partial charge in [-0.1, -0.05) is 30.3 Å². The van der Waals surface area contributed by atoms with Crippen molar-refractivity contribution in [3.63, 3.8) is 0 Å². The Bertz CT molecular complexity index is 1360. The predicted molar refractivity (Wildman–Crippen MR) is 140 cm³/mol. The second-order valence-corrected chi connectivity index (χ2v) is 9.91. The highest BCUT2D eigenvalue weighted by molar-refractivity contribution is 7.91. The van der Waals surface area contributed by atoms with Gasteiger partial charge < -0.3 is 31.3 Å². The normalized spacial score (nSPS) is 11.8. The standard InChI is InChI=1S/C21H28N6O5S.C2HF3O2/c1-15-9-10-18(26-33(31,32)14-16-6-3-2-4-7-16)20(30)27(15)12-19(29)25-17(13-28)8-5-11-24-21(22)23;3-2(4,5)1(6)7/h2-4,6-7,9-10,13,17,26H,5,8,11-12,14H2,1H3,(H,25,29)(H4,22,23,24);(H,6,7)/t17-;/m0./s1. The molecule has 2 aromatic rings. The van der Waals surface area contributed by atoms with E-state index in [-0.39, 0.29) is 23.9 Å². The Morgan fingerprint density at radius 1 is 1.15 bits per heavy atom. The Morgan fingerprint density at radius 2 is 1.75 bits per heavy atom. The van der Waals surface area contributed by atoms with Gasteiger partial charge in [-0.25, -0.2) is 13.2 Å². The predicted octanol–water partition coefficient (Wildman–Crippen LogP) is 0.469. The van der Waals surface area contributed by atoms with E-state index in [2.05, 4.69) is 15.0 Å². The zero-order valence-electron chi connectivity index (χ0n) is 21.2. The number of amides is 1. The summed E-state index contributed by atoms with van der Waals surface area (Å²) in [5, 5.41) is 9.67. The van der Waals surface area contributed by atoms with Crippen LogP contribution in [0.5, 0.6) is 0 Å². The number of aliphatic carboxylic acids is 1. The molecule has 13 nitrogen and oxygen atoms in total. The van der Waals surface area contributed by atoms with Crippen molar-refractivity contribution in [1.29, 1.82) is 0 Å². The number of nitrogens with one attached hydrogen (secondary N) is 2. The SMILES string of the molecule is Cc1ccc(NS(=O)(=O)Cc2ccccc2)c(=O)n1CC(=O)N[C@H](C=O)CCCN=C(N)N.O=C(O)C(F)(F)F. The molecule has 0 spiro atoms. The molecule has 40 heavy (non-hydrogen) atoms. The second kappa shape index (κ2) is 15.2. The van der Waals surface area contributed by atoms with Crippen LogP contribution in [0.1, 0.15) is 24.1 Å². The molecule has 0 fully saturated rings. The van der Waals surface area contributed by atoms with Crippen molar-refractivity contribution in [1.82, 2.24) is 9.88 Å². The number of guanidine groups is 1. The number of carbonyl (C=O) groups excluding carboxylic acids is 2. The van der Waals surface area contributed by atoms with Crippen LogP contribution in [0.4, 0.5) is 18.9 Å². The summed E-state index contributed by atoms with van der Waals surface area (Å²) in [7, 11) is -3.85. The molecule has 0 aliphatic rings. The van der Waals surface area contributed by atoms with E-state index >= 15 is 0 Å². The molecule has 1 aromatic carbocycles. The Labute approximate surface area is 227 Å². The Balaban J connectivity index is 0.00000101. The summed E-state index contributed by atoms with van der Waals surface area (Å²) in [6.45, 7) is 1.55. The number of aliphatic imine (C=N–C) groups is 1. The van der Waals surface area contributed by atoms with Crippen molar-refractivity contribution in [2.45, 2.75) is 44.3 Å². The average Bonchev–Trinajstić information content (AvgIpc) is 2.85. The van der Waals surface area contributed by atoms with Gasteiger partial charge in [0.15, 0.2) is 5.96 Å². The zero-order valence-corrected chi connectivity index (χ0v) is 22.0. The number of sulfonamides is 1. The number of nitrogens with zero attached hydrogens (tertiary/aromatic N) is 2. The van der Waals surface area contributed by atoms with Gasteiger partial charge >= 0.3 is 12.1 Å². The Hall–Kier alpha value is -4.41. The van der Waals surface area contributed by atoms with Crippen LogP contribution in [0, 0.1) is 6.92 Å². The number of aryl methyl sites for hydroxylation is 1. The molecule has 2 rings (SSSR count). The lowest BCUT2D eigenvalue weighted by Gasteiger charge is -2.16. The third-order valence-corrected chi connectivity index (χ3v) is 6.12. The van der Waals surface area contributed by atoms with Gasteiger partial charge in [0.2, 0.25) is 15.9 Å². The number of nitrogens with two attached hydrogens (primary N) is 2. The minimum atomic E-state index is -5.08. The third-order valence-electron chi connectivity index (χ3n) is 4.88. The number of carbonyl (C=O) groups is 3. The molecule has 0 saturated heterocycles. The molecule has 0 saturated carbocycles. The molecule has 7 N–H and O–H groups in total. The van der Waals surface area contributed by atoms with Crippen LogP contribution >= 0.6 is 0 Å². The molecule has 220 valence electrons. The molecule has 1 atom stereocenters. The number of pyridine rings is 1. The second-order valence-electron chi connectivity index (χ2n) is 8.19. The molecule has 17 heteroatoms. The van der Waals surface area contributed by atoms with Gasteiger partial charge in [-0.3, -0.25) is 19.3 Å². The zero-order chi connectivity index (χ0) is 30.5. The fourth-order valence-corrected chi connectivity index (χ4v) is 4.23. The van der Waals surface area contributed by atoms with E-state index in [1.807, 2.05) is 0 Å². The number of carboxylic acid groups (broad SMARTS) is 1. The van der Waals surface area contributed by atoms with Crippen molar-refractivity contribution in [2.75, 3.05) is 11.3 Å².